The smallest absolute Gasteiger partial charge is 0.266 e. The van der Waals surface area contributed by atoms with Crippen molar-refractivity contribution in [2.45, 2.75) is 18.7 Å². The molecule has 0 saturated heterocycles. The van der Waals surface area contributed by atoms with Gasteiger partial charge in [0.15, 0.2) is 0 Å². The van der Waals surface area contributed by atoms with Gasteiger partial charge in [-0.3, -0.25) is 9.40 Å². The number of fused-ring (bicyclic) bond motifs is 1. The largest absolute Gasteiger partial charge is 0.279 e. The number of benzene rings is 2. The molecule has 9 heteroatoms. The van der Waals surface area contributed by atoms with Crippen molar-refractivity contribution in [2.75, 3.05) is 4.72 Å². The average molecular weight is 433 g/mol. The number of nitrogens with zero attached hydrogens (tertiary/aromatic N) is 3. The van der Waals surface area contributed by atoms with Gasteiger partial charge in [-0.05, 0) is 55.8 Å². The van der Waals surface area contributed by atoms with E-state index in [2.05, 4.69) is 27.8 Å². The Morgan fingerprint density at radius 1 is 1.11 bits per heavy atom. The first kappa shape index (κ1) is 18.9. The zero-order valence-corrected chi connectivity index (χ0v) is 17.8. The van der Waals surface area contributed by atoms with Crippen LogP contribution in [0.15, 0.2) is 47.4 Å². The van der Waals surface area contributed by atoms with Crippen LogP contribution in [0.4, 0.5) is 5.69 Å². The van der Waals surface area contributed by atoms with Gasteiger partial charge < -0.3 is 0 Å². The Labute approximate surface area is 171 Å². The van der Waals surface area contributed by atoms with Gasteiger partial charge in [0.1, 0.15) is 15.1 Å². The molecule has 0 fully saturated rings. The number of halogens is 1. The summed E-state index contributed by atoms with van der Waals surface area (Å²) in [6.07, 6.45) is 0. The van der Waals surface area contributed by atoms with E-state index in [1.54, 1.807) is 37.4 Å². The van der Waals surface area contributed by atoms with Gasteiger partial charge in [0, 0.05) is 18.3 Å². The number of aryl methyl sites for hydroxylation is 3. The van der Waals surface area contributed by atoms with E-state index in [0.717, 1.165) is 20.8 Å². The summed E-state index contributed by atoms with van der Waals surface area (Å²) in [6.45, 7) is 3.66. The molecule has 0 aliphatic rings. The highest BCUT2D eigenvalue weighted by molar-refractivity contribution is 7.92. The predicted molar refractivity (Wildman–Crippen MR) is 114 cm³/mol. The van der Waals surface area contributed by atoms with Gasteiger partial charge in [0.2, 0.25) is 0 Å². The molecule has 0 amide bonds. The van der Waals surface area contributed by atoms with Crippen LogP contribution >= 0.6 is 22.9 Å². The highest BCUT2D eigenvalue weighted by Gasteiger charge is 2.25. The zero-order chi connectivity index (χ0) is 20.1. The summed E-state index contributed by atoms with van der Waals surface area (Å²) in [5.74, 6) is 0. The molecule has 0 saturated carbocycles. The maximum absolute atomic E-state index is 12.7. The second-order valence-corrected chi connectivity index (χ2v) is 9.51. The zero-order valence-electron chi connectivity index (χ0n) is 15.4. The standard InChI is InChI=1S/C19H17ClN4O2S2/c1-11-4-9-15-16(10-11)27-19(21-15)13-5-7-14(8-6-13)23-28(25,26)17-12(2)22-24(3)18(17)20/h4-10,23H,1-3H3. The van der Waals surface area contributed by atoms with Gasteiger partial charge in [0.05, 0.1) is 15.9 Å². The van der Waals surface area contributed by atoms with Crippen LogP contribution in [-0.2, 0) is 17.1 Å². The topological polar surface area (TPSA) is 76.9 Å². The first-order chi connectivity index (χ1) is 13.2. The van der Waals surface area contributed by atoms with Crippen LogP contribution in [0.25, 0.3) is 20.8 Å². The van der Waals surface area contributed by atoms with Crippen molar-refractivity contribution in [1.29, 1.82) is 0 Å². The minimum absolute atomic E-state index is 0.0118. The van der Waals surface area contributed by atoms with E-state index in [1.165, 1.54) is 10.2 Å². The van der Waals surface area contributed by atoms with E-state index >= 15 is 0 Å². The fraction of sp³-hybridized carbons (Fsp3) is 0.158. The molecule has 2 heterocycles. The quantitative estimate of drug-likeness (QED) is 0.504. The second kappa shape index (κ2) is 6.88. The third-order valence-electron chi connectivity index (χ3n) is 4.30. The van der Waals surface area contributed by atoms with Crippen molar-refractivity contribution in [3.8, 4) is 10.6 Å². The number of rotatable bonds is 4. The third-order valence-corrected chi connectivity index (χ3v) is 7.44. The van der Waals surface area contributed by atoms with Crippen molar-refractivity contribution >= 4 is 48.9 Å². The molecule has 0 radical (unpaired) electrons. The summed E-state index contributed by atoms with van der Waals surface area (Å²) in [6, 6.07) is 13.3. The molecular weight excluding hydrogens is 416 g/mol. The lowest BCUT2D eigenvalue weighted by molar-refractivity contribution is 0.600. The average Bonchev–Trinajstić information content (AvgIpc) is 3.15. The summed E-state index contributed by atoms with van der Waals surface area (Å²) < 4.78 is 30.4. The van der Waals surface area contributed by atoms with Gasteiger partial charge in [-0.15, -0.1) is 11.3 Å². The molecule has 1 N–H and O–H groups in total. The number of hydrogen-bond donors (Lipinski definition) is 1. The van der Waals surface area contributed by atoms with Crippen molar-refractivity contribution < 1.29 is 8.42 Å². The molecule has 0 atom stereocenters. The third kappa shape index (κ3) is 3.39. The van der Waals surface area contributed by atoms with E-state index in [1.807, 2.05) is 24.3 Å². The van der Waals surface area contributed by atoms with Crippen LogP contribution in [0, 0.1) is 13.8 Å². The monoisotopic (exact) mass is 432 g/mol. The molecule has 4 rings (SSSR count). The Morgan fingerprint density at radius 3 is 2.46 bits per heavy atom. The summed E-state index contributed by atoms with van der Waals surface area (Å²) in [5, 5.41) is 5.02. The summed E-state index contributed by atoms with van der Waals surface area (Å²) in [4.78, 5) is 4.64. The summed E-state index contributed by atoms with van der Waals surface area (Å²) in [7, 11) is -2.24. The summed E-state index contributed by atoms with van der Waals surface area (Å²) in [5.41, 5.74) is 3.87. The van der Waals surface area contributed by atoms with Gasteiger partial charge >= 0.3 is 0 Å². The van der Waals surface area contributed by atoms with E-state index in [0.29, 0.717) is 11.4 Å². The lowest BCUT2D eigenvalue weighted by Gasteiger charge is -2.08. The van der Waals surface area contributed by atoms with Crippen LogP contribution in [0.3, 0.4) is 0 Å². The van der Waals surface area contributed by atoms with Crippen LogP contribution in [0.1, 0.15) is 11.3 Å². The molecule has 0 aliphatic heterocycles. The number of thiazole rings is 1. The minimum Gasteiger partial charge on any atom is -0.279 e. The number of sulfonamides is 1. The minimum atomic E-state index is -3.83. The first-order valence-electron chi connectivity index (χ1n) is 8.44. The van der Waals surface area contributed by atoms with E-state index < -0.39 is 10.0 Å². The normalized spacial score (nSPS) is 11.9. The molecule has 0 bridgehead atoms. The maximum Gasteiger partial charge on any atom is 0.266 e. The number of hydrogen-bond acceptors (Lipinski definition) is 5. The van der Waals surface area contributed by atoms with Crippen molar-refractivity contribution in [1.82, 2.24) is 14.8 Å². The Hall–Kier alpha value is -2.42. The molecule has 0 aliphatic carbocycles. The van der Waals surface area contributed by atoms with Gasteiger partial charge in [-0.1, -0.05) is 17.7 Å². The molecule has 4 aromatic rings. The Kier molecular flexibility index (Phi) is 4.65. The number of nitrogens with one attached hydrogen (secondary N) is 1. The van der Waals surface area contributed by atoms with Crippen molar-refractivity contribution in [3.05, 3.63) is 58.9 Å². The summed E-state index contributed by atoms with van der Waals surface area (Å²) >= 11 is 7.70. The Morgan fingerprint density at radius 2 is 1.82 bits per heavy atom. The molecule has 144 valence electrons. The van der Waals surface area contributed by atoms with Gasteiger partial charge in [-0.2, -0.15) is 5.10 Å². The molecule has 2 aromatic heterocycles. The molecule has 6 nitrogen and oxygen atoms in total. The molecular formula is C19H17ClN4O2S2. The van der Waals surface area contributed by atoms with Gasteiger partial charge in [0.25, 0.3) is 10.0 Å². The lowest BCUT2D eigenvalue weighted by atomic mass is 10.2. The van der Waals surface area contributed by atoms with E-state index in [9.17, 15) is 8.42 Å². The van der Waals surface area contributed by atoms with E-state index in [4.69, 9.17) is 11.6 Å². The Bertz CT molecular complexity index is 1290. The highest BCUT2D eigenvalue weighted by Crippen LogP contribution is 2.32. The number of anilines is 1. The molecule has 0 spiro atoms. The SMILES string of the molecule is Cc1ccc2nc(-c3ccc(NS(=O)(=O)c4c(C)nn(C)c4Cl)cc3)sc2c1. The second-order valence-electron chi connectivity index (χ2n) is 6.50. The molecule has 2 aromatic carbocycles. The van der Waals surface area contributed by atoms with Crippen LogP contribution in [-0.4, -0.2) is 23.2 Å². The first-order valence-corrected chi connectivity index (χ1v) is 11.1. The van der Waals surface area contributed by atoms with E-state index in [-0.39, 0.29) is 10.0 Å². The van der Waals surface area contributed by atoms with Crippen LogP contribution in [0.2, 0.25) is 5.15 Å². The van der Waals surface area contributed by atoms with Crippen LogP contribution in [0.5, 0.6) is 0 Å². The van der Waals surface area contributed by atoms with Gasteiger partial charge in [-0.25, -0.2) is 13.4 Å². The molecule has 0 unspecified atom stereocenters. The fourth-order valence-corrected chi connectivity index (χ4v) is 5.84. The molecule has 28 heavy (non-hydrogen) atoms. The fourth-order valence-electron chi connectivity index (χ4n) is 2.96. The highest BCUT2D eigenvalue weighted by atomic mass is 35.5. The predicted octanol–water partition coefficient (Wildman–Crippen LogP) is 4.77. The maximum atomic E-state index is 12.7. The number of aromatic nitrogens is 3. The lowest BCUT2D eigenvalue weighted by Crippen LogP contribution is -2.14. The van der Waals surface area contributed by atoms with Crippen LogP contribution < -0.4 is 4.72 Å². The Balaban J connectivity index is 1.62. The van der Waals surface area contributed by atoms with Crippen molar-refractivity contribution in [2.24, 2.45) is 7.05 Å². The van der Waals surface area contributed by atoms with Crippen molar-refractivity contribution in [3.63, 3.8) is 0 Å².